The second kappa shape index (κ2) is 10.3. The normalized spacial score (nSPS) is 11.3. The zero-order valence-corrected chi connectivity index (χ0v) is 14.5. The molecule has 1 aromatic carbocycles. The maximum absolute atomic E-state index is 5.67. The molecule has 0 atom stereocenters. The number of aliphatic imine (C=N–C) groups is 1. The smallest absolute Gasteiger partial charge is 0.191 e. The van der Waals surface area contributed by atoms with E-state index < -0.39 is 0 Å². The van der Waals surface area contributed by atoms with E-state index in [4.69, 9.17) is 4.74 Å². The molecule has 0 saturated carbocycles. The monoisotopic (exact) mass is 329 g/mol. The van der Waals surface area contributed by atoms with Crippen LogP contribution in [-0.2, 0) is 13.5 Å². The first-order chi connectivity index (χ1) is 11.8. The highest BCUT2D eigenvalue weighted by molar-refractivity contribution is 5.79. The quantitative estimate of drug-likeness (QED) is 0.419. The first-order valence-corrected chi connectivity index (χ1v) is 8.45. The van der Waals surface area contributed by atoms with Crippen molar-refractivity contribution in [1.82, 2.24) is 20.4 Å². The Bertz CT molecular complexity index is 609. The summed E-state index contributed by atoms with van der Waals surface area (Å²) in [4.78, 5) is 4.59. The molecule has 0 unspecified atom stereocenters. The van der Waals surface area contributed by atoms with E-state index >= 15 is 0 Å². The predicted molar refractivity (Wildman–Crippen MR) is 97.4 cm³/mol. The number of benzene rings is 1. The molecule has 24 heavy (non-hydrogen) atoms. The van der Waals surface area contributed by atoms with Crippen molar-refractivity contribution in [2.75, 3.05) is 26.2 Å². The van der Waals surface area contributed by atoms with Crippen LogP contribution in [0.15, 0.2) is 47.7 Å². The van der Waals surface area contributed by atoms with Gasteiger partial charge in [0.25, 0.3) is 0 Å². The Kier molecular flexibility index (Phi) is 7.67. The van der Waals surface area contributed by atoms with Crippen molar-refractivity contribution in [3.05, 3.63) is 48.3 Å². The van der Waals surface area contributed by atoms with Gasteiger partial charge < -0.3 is 15.4 Å². The summed E-state index contributed by atoms with van der Waals surface area (Å²) in [6.07, 6.45) is 5.96. The predicted octanol–water partition coefficient (Wildman–Crippen LogP) is 1.99. The molecule has 0 amide bonds. The Morgan fingerprint density at radius 3 is 2.79 bits per heavy atom. The SMILES string of the molecule is CCNC(=NCCCc1cnn(C)c1)NCCOc1ccccc1. The zero-order valence-electron chi connectivity index (χ0n) is 14.5. The van der Waals surface area contributed by atoms with Crippen LogP contribution in [0.3, 0.4) is 0 Å². The summed E-state index contributed by atoms with van der Waals surface area (Å²) < 4.78 is 7.50. The molecule has 130 valence electrons. The minimum absolute atomic E-state index is 0.601. The van der Waals surface area contributed by atoms with Gasteiger partial charge in [-0.15, -0.1) is 0 Å². The van der Waals surface area contributed by atoms with Crippen molar-refractivity contribution in [2.45, 2.75) is 19.8 Å². The maximum Gasteiger partial charge on any atom is 0.191 e. The maximum atomic E-state index is 5.67. The van der Waals surface area contributed by atoms with Crippen LogP contribution in [0.1, 0.15) is 18.9 Å². The summed E-state index contributed by atoms with van der Waals surface area (Å²) >= 11 is 0. The van der Waals surface area contributed by atoms with Gasteiger partial charge in [0.15, 0.2) is 5.96 Å². The molecule has 0 radical (unpaired) electrons. The molecule has 2 N–H and O–H groups in total. The molecular formula is C18H27N5O. The minimum Gasteiger partial charge on any atom is -0.492 e. The molecule has 0 spiro atoms. The highest BCUT2D eigenvalue weighted by Crippen LogP contribution is 2.07. The number of nitrogens with zero attached hydrogens (tertiary/aromatic N) is 3. The van der Waals surface area contributed by atoms with E-state index in [0.717, 1.165) is 37.6 Å². The molecule has 0 aliphatic carbocycles. The van der Waals surface area contributed by atoms with E-state index in [2.05, 4.69) is 27.6 Å². The number of nitrogens with one attached hydrogen (secondary N) is 2. The minimum atomic E-state index is 0.601. The number of ether oxygens (including phenoxy) is 1. The van der Waals surface area contributed by atoms with Gasteiger partial charge in [-0.25, -0.2) is 0 Å². The zero-order chi connectivity index (χ0) is 17.0. The van der Waals surface area contributed by atoms with Crippen molar-refractivity contribution in [3.8, 4) is 5.75 Å². The fourth-order valence-corrected chi connectivity index (χ4v) is 2.27. The van der Waals surface area contributed by atoms with E-state index in [9.17, 15) is 0 Å². The van der Waals surface area contributed by atoms with Gasteiger partial charge in [0.05, 0.1) is 12.7 Å². The fourth-order valence-electron chi connectivity index (χ4n) is 2.27. The lowest BCUT2D eigenvalue weighted by molar-refractivity contribution is 0.322. The molecule has 2 aromatic rings. The Morgan fingerprint density at radius 2 is 2.08 bits per heavy atom. The number of rotatable bonds is 9. The molecule has 1 heterocycles. The first kappa shape index (κ1) is 17.8. The van der Waals surface area contributed by atoms with E-state index in [0.29, 0.717) is 13.2 Å². The van der Waals surface area contributed by atoms with Crippen LogP contribution < -0.4 is 15.4 Å². The first-order valence-electron chi connectivity index (χ1n) is 8.45. The summed E-state index contributed by atoms with van der Waals surface area (Å²) in [5.74, 6) is 1.72. The molecule has 0 aliphatic heterocycles. The number of aromatic nitrogens is 2. The summed E-state index contributed by atoms with van der Waals surface area (Å²) in [6, 6.07) is 9.83. The van der Waals surface area contributed by atoms with Gasteiger partial charge in [-0.05, 0) is 37.5 Å². The summed E-state index contributed by atoms with van der Waals surface area (Å²) in [6.45, 7) is 5.00. The molecule has 0 bridgehead atoms. The third-order valence-corrected chi connectivity index (χ3v) is 3.40. The molecule has 1 aromatic heterocycles. The molecule has 2 rings (SSSR count). The highest BCUT2D eigenvalue weighted by Gasteiger charge is 1.99. The van der Waals surface area contributed by atoms with Crippen LogP contribution in [0.5, 0.6) is 5.75 Å². The summed E-state index contributed by atoms with van der Waals surface area (Å²) in [5, 5.41) is 10.7. The van der Waals surface area contributed by atoms with E-state index in [1.807, 2.05) is 54.5 Å². The Balaban J connectivity index is 1.66. The number of guanidine groups is 1. The van der Waals surface area contributed by atoms with Gasteiger partial charge in [-0.1, -0.05) is 18.2 Å². The van der Waals surface area contributed by atoms with Crippen molar-refractivity contribution < 1.29 is 4.74 Å². The number of para-hydroxylation sites is 1. The van der Waals surface area contributed by atoms with Gasteiger partial charge in [0, 0.05) is 26.3 Å². The molecule has 0 fully saturated rings. The molecule has 0 aliphatic rings. The number of hydrogen-bond acceptors (Lipinski definition) is 3. The van der Waals surface area contributed by atoms with Crippen molar-refractivity contribution in [3.63, 3.8) is 0 Å². The van der Waals surface area contributed by atoms with Gasteiger partial charge in [0.2, 0.25) is 0 Å². The largest absolute Gasteiger partial charge is 0.492 e. The molecule has 6 heteroatoms. The van der Waals surface area contributed by atoms with Crippen LogP contribution in [0.4, 0.5) is 0 Å². The topological polar surface area (TPSA) is 63.5 Å². The number of hydrogen-bond donors (Lipinski definition) is 2. The molecule has 0 saturated heterocycles. The average molecular weight is 329 g/mol. The van der Waals surface area contributed by atoms with Crippen LogP contribution in [-0.4, -0.2) is 42.0 Å². The van der Waals surface area contributed by atoms with Gasteiger partial charge in [0.1, 0.15) is 12.4 Å². The second-order valence-corrected chi connectivity index (χ2v) is 5.47. The lowest BCUT2D eigenvalue weighted by Crippen LogP contribution is -2.39. The van der Waals surface area contributed by atoms with E-state index in [-0.39, 0.29) is 0 Å². The van der Waals surface area contributed by atoms with Crippen LogP contribution >= 0.6 is 0 Å². The standard InChI is InChI=1S/C18H27N5O/c1-3-19-18(20-11-7-8-16-14-22-23(2)15-16)21-12-13-24-17-9-5-4-6-10-17/h4-6,9-10,14-15H,3,7-8,11-13H2,1-2H3,(H2,19,20,21). The van der Waals surface area contributed by atoms with Crippen LogP contribution in [0.2, 0.25) is 0 Å². The fraction of sp³-hybridized carbons (Fsp3) is 0.444. The lowest BCUT2D eigenvalue weighted by atomic mass is 10.2. The van der Waals surface area contributed by atoms with Gasteiger partial charge in [-0.3, -0.25) is 9.67 Å². The third-order valence-electron chi connectivity index (χ3n) is 3.40. The second-order valence-electron chi connectivity index (χ2n) is 5.47. The van der Waals surface area contributed by atoms with Gasteiger partial charge >= 0.3 is 0 Å². The van der Waals surface area contributed by atoms with Gasteiger partial charge in [-0.2, -0.15) is 5.10 Å². The van der Waals surface area contributed by atoms with E-state index in [1.165, 1.54) is 5.56 Å². The molecular weight excluding hydrogens is 302 g/mol. The van der Waals surface area contributed by atoms with E-state index in [1.54, 1.807) is 0 Å². The Morgan fingerprint density at radius 1 is 1.25 bits per heavy atom. The van der Waals surface area contributed by atoms with Crippen molar-refractivity contribution in [2.24, 2.45) is 12.0 Å². The number of aryl methyl sites for hydroxylation is 2. The molecule has 6 nitrogen and oxygen atoms in total. The third kappa shape index (κ3) is 6.73. The Labute approximate surface area is 143 Å². The van der Waals surface area contributed by atoms with Crippen LogP contribution in [0.25, 0.3) is 0 Å². The summed E-state index contributed by atoms with van der Waals surface area (Å²) in [7, 11) is 1.94. The van der Waals surface area contributed by atoms with Crippen LogP contribution in [0, 0.1) is 0 Å². The highest BCUT2D eigenvalue weighted by atomic mass is 16.5. The summed E-state index contributed by atoms with van der Waals surface area (Å²) in [5.41, 5.74) is 1.25. The Hall–Kier alpha value is -2.50. The average Bonchev–Trinajstić information content (AvgIpc) is 3.01. The van der Waals surface area contributed by atoms with Crippen molar-refractivity contribution in [1.29, 1.82) is 0 Å². The van der Waals surface area contributed by atoms with Crippen molar-refractivity contribution >= 4 is 5.96 Å². The lowest BCUT2D eigenvalue weighted by Gasteiger charge is -2.12.